The van der Waals surface area contributed by atoms with Crippen molar-refractivity contribution in [3.63, 3.8) is 0 Å². The molecule has 0 radical (unpaired) electrons. The first-order chi connectivity index (χ1) is 15.0. The van der Waals surface area contributed by atoms with Gasteiger partial charge in [0.2, 0.25) is 0 Å². The summed E-state index contributed by atoms with van der Waals surface area (Å²) in [5, 5.41) is 2.76. The van der Waals surface area contributed by atoms with E-state index in [4.69, 9.17) is 4.74 Å². The summed E-state index contributed by atoms with van der Waals surface area (Å²) < 4.78 is 37.4. The van der Waals surface area contributed by atoms with Crippen LogP contribution < -0.4 is 10.1 Å². The summed E-state index contributed by atoms with van der Waals surface area (Å²) in [4.78, 5) is 12.1. The SMILES string of the molecule is O=C(COc1ccc(C2=C3C=CC=[N+]3[B-](F)(F)n3cccc32)cc1)Nc1ccccc1. The van der Waals surface area contributed by atoms with E-state index in [0.717, 1.165) is 20.1 Å². The molecule has 0 atom stereocenters. The molecule has 0 unspecified atom stereocenters. The Balaban J connectivity index is 1.35. The van der Waals surface area contributed by atoms with Crippen molar-refractivity contribution in [3.05, 3.63) is 102 Å². The van der Waals surface area contributed by atoms with Gasteiger partial charge in [-0.15, -0.1) is 0 Å². The van der Waals surface area contributed by atoms with Crippen LogP contribution in [0.2, 0.25) is 0 Å². The smallest absolute Gasteiger partial charge is 0.484 e. The number of carbonyl (C=O) groups excluding carboxylic acids is 1. The highest BCUT2D eigenvalue weighted by atomic mass is 19.2. The molecular weight excluding hydrogens is 399 g/mol. The number of nitrogens with one attached hydrogen (secondary N) is 1. The molecule has 0 bridgehead atoms. The molecule has 5 rings (SSSR count). The number of hydrogen-bond donors (Lipinski definition) is 1. The third kappa shape index (κ3) is 3.36. The van der Waals surface area contributed by atoms with Gasteiger partial charge in [0.05, 0.1) is 5.57 Å². The van der Waals surface area contributed by atoms with Crippen LogP contribution in [0.25, 0.3) is 5.57 Å². The summed E-state index contributed by atoms with van der Waals surface area (Å²) in [6.07, 6.45) is 6.13. The van der Waals surface area contributed by atoms with E-state index in [-0.39, 0.29) is 12.5 Å². The number of para-hydroxylation sites is 1. The van der Waals surface area contributed by atoms with Crippen molar-refractivity contribution in [2.45, 2.75) is 0 Å². The second-order valence-corrected chi connectivity index (χ2v) is 7.29. The van der Waals surface area contributed by atoms with E-state index in [0.29, 0.717) is 22.8 Å². The van der Waals surface area contributed by atoms with Crippen LogP contribution in [0.1, 0.15) is 11.3 Å². The van der Waals surface area contributed by atoms with Crippen molar-refractivity contribution in [1.29, 1.82) is 0 Å². The summed E-state index contributed by atoms with van der Waals surface area (Å²) in [6, 6.07) is 19.5. The molecule has 2 aromatic carbocycles. The first-order valence-corrected chi connectivity index (χ1v) is 9.86. The van der Waals surface area contributed by atoms with E-state index in [2.05, 4.69) is 5.32 Å². The van der Waals surface area contributed by atoms with Crippen LogP contribution in [-0.2, 0) is 4.79 Å². The zero-order chi connectivity index (χ0) is 21.4. The van der Waals surface area contributed by atoms with Gasteiger partial charge < -0.3 is 27.6 Å². The number of nitrogens with zero attached hydrogens (tertiary/aromatic N) is 2. The van der Waals surface area contributed by atoms with Crippen LogP contribution in [-0.4, -0.2) is 34.7 Å². The minimum Gasteiger partial charge on any atom is -0.484 e. The maximum atomic E-state index is 14.9. The highest BCUT2D eigenvalue weighted by Crippen LogP contribution is 2.38. The molecule has 0 spiro atoms. The lowest BCUT2D eigenvalue weighted by Gasteiger charge is -2.30. The molecule has 154 valence electrons. The maximum absolute atomic E-state index is 14.9. The lowest BCUT2D eigenvalue weighted by Crippen LogP contribution is -2.49. The number of rotatable bonds is 5. The number of allylic oxidation sites excluding steroid dienone is 2. The van der Waals surface area contributed by atoms with Gasteiger partial charge in [-0.3, -0.25) is 4.79 Å². The molecule has 5 nitrogen and oxygen atoms in total. The van der Waals surface area contributed by atoms with Crippen molar-refractivity contribution < 1.29 is 22.6 Å². The van der Waals surface area contributed by atoms with Gasteiger partial charge in [-0.1, -0.05) is 30.3 Å². The van der Waals surface area contributed by atoms with E-state index in [1.54, 1.807) is 48.6 Å². The van der Waals surface area contributed by atoms with Crippen molar-refractivity contribution in [2.75, 3.05) is 11.9 Å². The maximum Gasteiger partial charge on any atom is 0.737 e. The van der Waals surface area contributed by atoms with Crippen LogP contribution in [0.5, 0.6) is 5.75 Å². The summed E-state index contributed by atoms with van der Waals surface area (Å²) in [7, 11) is 0. The van der Waals surface area contributed by atoms with Gasteiger partial charge in [0.1, 0.15) is 12.0 Å². The Hall–Kier alpha value is -3.94. The Kier molecular flexibility index (Phi) is 4.54. The average Bonchev–Trinajstić information content (AvgIpc) is 3.45. The third-order valence-electron chi connectivity index (χ3n) is 5.31. The molecule has 1 N–H and O–H groups in total. The normalized spacial score (nSPS) is 15.9. The second-order valence-electron chi connectivity index (χ2n) is 7.29. The van der Waals surface area contributed by atoms with Gasteiger partial charge in [0, 0.05) is 23.5 Å². The fourth-order valence-corrected chi connectivity index (χ4v) is 3.90. The van der Waals surface area contributed by atoms with Gasteiger partial charge in [-0.05, 0) is 48.2 Å². The largest absolute Gasteiger partial charge is 0.737 e. The molecule has 2 aliphatic rings. The Labute approximate surface area is 177 Å². The summed E-state index contributed by atoms with van der Waals surface area (Å²) in [6.45, 7) is -4.05. The van der Waals surface area contributed by atoms with Crippen LogP contribution in [0, 0.1) is 0 Å². The lowest BCUT2D eigenvalue weighted by atomic mass is 9.86. The van der Waals surface area contributed by atoms with Crippen molar-refractivity contribution >= 4 is 30.4 Å². The standard InChI is InChI=1S/C23H18BF2N3O2/c25-24(26)28-14-4-8-20(28)23(21-9-5-15-29(21)24)17-10-12-19(13-11-17)31-16-22(30)27-18-6-2-1-3-7-18/h1-15H,16H2,(H,27,30). The Morgan fingerprint density at radius 3 is 2.58 bits per heavy atom. The van der Waals surface area contributed by atoms with E-state index in [1.165, 1.54) is 12.4 Å². The Morgan fingerprint density at radius 1 is 1.03 bits per heavy atom. The van der Waals surface area contributed by atoms with Crippen LogP contribution in [0.3, 0.4) is 0 Å². The minimum atomic E-state index is -3.92. The molecule has 1 aromatic heterocycles. The Bertz CT molecular complexity index is 1250. The molecule has 0 saturated carbocycles. The lowest BCUT2D eigenvalue weighted by molar-refractivity contribution is -0.356. The molecule has 0 aliphatic carbocycles. The molecular formula is C23H18BF2N3O2. The van der Waals surface area contributed by atoms with Crippen molar-refractivity contribution in [3.8, 4) is 5.75 Å². The van der Waals surface area contributed by atoms with Crippen LogP contribution in [0.4, 0.5) is 14.3 Å². The predicted molar refractivity (Wildman–Crippen MR) is 116 cm³/mol. The van der Waals surface area contributed by atoms with E-state index < -0.39 is 6.97 Å². The number of fused-ring (bicyclic) bond motifs is 2. The van der Waals surface area contributed by atoms with Gasteiger partial charge >= 0.3 is 6.97 Å². The number of aromatic nitrogens is 1. The van der Waals surface area contributed by atoms with Crippen molar-refractivity contribution in [2.24, 2.45) is 0 Å². The number of hydrogen-bond acceptors (Lipinski definition) is 2. The van der Waals surface area contributed by atoms with E-state index in [1.807, 2.05) is 30.3 Å². The second kappa shape index (κ2) is 7.39. The molecule has 3 heterocycles. The molecule has 0 fully saturated rings. The van der Waals surface area contributed by atoms with Gasteiger partial charge in [-0.25, -0.2) is 0 Å². The Morgan fingerprint density at radius 2 is 1.81 bits per heavy atom. The van der Waals surface area contributed by atoms with E-state index in [9.17, 15) is 13.4 Å². The van der Waals surface area contributed by atoms with Crippen molar-refractivity contribution in [1.82, 2.24) is 4.48 Å². The highest BCUT2D eigenvalue weighted by Gasteiger charge is 2.51. The average molecular weight is 417 g/mol. The van der Waals surface area contributed by atoms with Gasteiger partial charge in [0.25, 0.3) is 5.91 Å². The molecule has 0 saturated heterocycles. The zero-order valence-electron chi connectivity index (χ0n) is 16.4. The zero-order valence-corrected chi connectivity index (χ0v) is 16.4. The molecule has 31 heavy (non-hydrogen) atoms. The predicted octanol–water partition coefficient (Wildman–Crippen LogP) is 4.15. The number of anilines is 1. The highest BCUT2D eigenvalue weighted by molar-refractivity contribution is 6.57. The first kappa shape index (κ1) is 19.1. The number of halogens is 2. The van der Waals surface area contributed by atoms with Crippen LogP contribution in [0.15, 0.2) is 90.8 Å². The number of amides is 1. The molecule has 8 heteroatoms. The summed E-state index contributed by atoms with van der Waals surface area (Å²) in [5.41, 5.74) is 3.13. The number of carbonyl (C=O) groups is 1. The number of benzene rings is 2. The van der Waals surface area contributed by atoms with E-state index >= 15 is 0 Å². The summed E-state index contributed by atoms with van der Waals surface area (Å²) in [5.74, 6) is 0.251. The van der Waals surface area contributed by atoms with Crippen LogP contribution >= 0.6 is 0 Å². The van der Waals surface area contributed by atoms with Gasteiger partial charge in [0.15, 0.2) is 12.3 Å². The fourth-order valence-electron chi connectivity index (χ4n) is 3.90. The fraction of sp³-hybridized carbons (Fsp3) is 0.0435. The topological polar surface area (TPSA) is 46.3 Å². The molecule has 1 amide bonds. The third-order valence-corrected chi connectivity index (χ3v) is 5.31. The minimum absolute atomic E-state index is 0.134. The van der Waals surface area contributed by atoms with Gasteiger partial charge in [-0.2, -0.15) is 0 Å². The molecule has 2 aliphatic heterocycles. The monoisotopic (exact) mass is 417 g/mol. The quantitative estimate of drug-likeness (QED) is 0.634. The molecule has 3 aromatic rings. The number of ether oxygens (including phenoxy) is 1. The first-order valence-electron chi connectivity index (χ1n) is 9.86. The summed E-state index contributed by atoms with van der Waals surface area (Å²) >= 11 is 0.